The maximum absolute atomic E-state index is 6.17. The van der Waals surface area contributed by atoms with Crippen LogP contribution in [0.2, 0.25) is 10.0 Å². The summed E-state index contributed by atoms with van der Waals surface area (Å²) in [5.41, 5.74) is 5.22. The first-order chi connectivity index (χ1) is 8.20. The van der Waals surface area contributed by atoms with E-state index < -0.39 is 0 Å². The third kappa shape index (κ3) is 1.84. The molecule has 2 aromatic rings. The van der Waals surface area contributed by atoms with E-state index in [1.165, 1.54) is 12.8 Å². The molecule has 5 heteroatoms. The van der Waals surface area contributed by atoms with E-state index in [0.29, 0.717) is 16.0 Å². The topological polar surface area (TPSA) is 50.9 Å². The average molecular weight is 268 g/mol. The summed E-state index contributed by atoms with van der Waals surface area (Å²) in [7, 11) is 0. The lowest BCUT2D eigenvalue weighted by atomic mass is 10.1. The summed E-state index contributed by atoms with van der Waals surface area (Å²) in [5, 5.41) is 1.99. The van der Waals surface area contributed by atoms with Crippen molar-refractivity contribution in [3.05, 3.63) is 33.9 Å². The zero-order valence-corrected chi connectivity index (χ0v) is 10.5. The Labute approximate surface area is 109 Å². The number of hydrogen-bond donors (Lipinski definition) is 2. The largest absolute Gasteiger partial charge is 0.323 e. The van der Waals surface area contributed by atoms with Gasteiger partial charge in [0.15, 0.2) is 0 Å². The standard InChI is InChI=1S/C12H11Cl2N3/c13-7-3-4-8(14)12-11(7)10(17-15)5-9(16-12)6-1-2-6/h3-6H,1-2,15H2,(H,16,17). The van der Waals surface area contributed by atoms with Gasteiger partial charge in [-0.05, 0) is 31.0 Å². The second-order valence-corrected chi connectivity index (χ2v) is 5.08. The molecule has 1 aromatic heterocycles. The predicted octanol–water partition coefficient (Wildman–Crippen LogP) is 3.70. The normalized spacial score (nSPS) is 15.2. The minimum Gasteiger partial charge on any atom is -0.323 e. The van der Waals surface area contributed by atoms with Gasteiger partial charge in [-0.3, -0.25) is 10.8 Å². The summed E-state index contributed by atoms with van der Waals surface area (Å²) in [4.78, 5) is 4.59. The van der Waals surface area contributed by atoms with Crippen molar-refractivity contribution in [1.29, 1.82) is 0 Å². The van der Waals surface area contributed by atoms with Crippen LogP contribution >= 0.6 is 23.2 Å². The van der Waals surface area contributed by atoms with Gasteiger partial charge in [-0.15, -0.1) is 0 Å². The van der Waals surface area contributed by atoms with Crippen LogP contribution in [-0.2, 0) is 0 Å². The molecular formula is C12H11Cl2N3. The second-order valence-electron chi connectivity index (χ2n) is 4.27. The molecule has 0 saturated heterocycles. The number of halogens is 2. The molecule has 1 fully saturated rings. The van der Waals surface area contributed by atoms with Crippen LogP contribution in [0.3, 0.4) is 0 Å². The molecule has 88 valence electrons. The number of hydrazine groups is 1. The van der Waals surface area contributed by atoms with E-state index in [0.717, 1.165) is 22.3 Å². The van der Waals surface area contributed by atoms with Crippen molar-refractivity contribution in [1.82, 2.24) is 4.98 Å². The van der Waals surface area contributed by atoms with Crippen molar-refractivity contribution >= 4 is 39.8 Å². The molecule has 3 rings (SSSR count). The Kier molecular flexibility index (Phi) is 2.62. The van der Waals surface area contributed by atoms with Crippen LogP contribution in [0.5, 0.6) is 0 Å². The van der Waals surface area contributed by atoms with Gasteiger partial charge < -0.3 is 5.43 Å². The van der Waals surface area contributed by atoms with Crippen molar-refractivity contribution in [2.24, 2.45) is 5.84 Å². The molecule has 0 spiro atoms. The molecule has 1 saturated carbocycles. The van der Waals surface area contributed by atoms with Crippen molar-refractivity contribution in [3.63, 3.8) is 0 Å². The van der Waals surface area contributed by atoms with Crippen molar-refractivity contribution < 1.29 is 0 Å². The molecular weight excluding hydrogens is 257 g/mol. The Morgan fingerprint density at radius 1 is 1.24 bits per heavy atom. The van der Waals surface area contributed by atoms with E-state index in [4.69, 9.17) is 29.0 Å². The van der Waals surface area contributed by atoms with Crippen LogP contribution in [-0.4, -0.2) is 4.98 Å². The SMILES string of the molecule is NNc1cc(C2CC2)nc2c(Cl)ccc(Cl)c12. The minimum absolute atomic E-state index is 0.543. The summed E-state index contributed by atoms with van der Waals surface area (Å²) < 4.78 is 0. The molecule has 1 aliphatic rings. The Hall–Kier alpha value is -1.03. The zero-order valence-electron chi connectivity index (χ0n) is 9.00. The van der Waals surface area contributed by atoms with Crippen LogP contribution in [0, 0.1) is 0 Å². The number of pyridine rings is 1. The van der Waals surface area contributed by atoms with Crippen LogP contribution < -0.4 is 11.3 Å². The Bertz CT molecular complexity index is 594. The fraction of sp³-hybridized carbons (Fsp3) is 0.250. The molecule has 0 radical (unpaired) electrons. The number of aromatic nitrogens is 1. The summed E-state index contributed by atoms with van der Waals surface area (Å²) in [6.07, 6.45) is 2.36. The number of anilines is 1. The average Bonchev–Trinajstić information content (AvgIpc) is 3.16. The number of rotatable bonds is 2. The van der Waals surface area contributed by atoms with E-state index in [1.807, 2.05) is 6.07 Å². The number of nitrogens with two attached hydrogens (primary N) is 1. The fourth-order valence-electron chi connectivity index (χ4n) is 1.99. The highest BCUT2D eigenvalue weighted by atomic mass is 35.5. The molecule has 3 N–H and O–H groups in total. The third-order valence-corrected chi connectivity index (χ3v) is 3.65. The van der Waals surface area contributed by atoms with Crippen LogP contribution in [0.15, 0.2) is 18.2 Å². The molecule has 0 unspecified atom stereocenters. The maximum atomic E-state index is 6.17. The monoisotopic (exact) mass is 267 g/mol. The second kappa shape index (κ2) is 4.02. The highest BCUT2D eigenvalue weighted by Crippen LogP contribution is 2.42. The van der Waals surface area contributed by atoms with Gasteiger partial charge >= 0.3 is 0 Å². The molecule has 17 heavy (non-hydrogen) atoms. The van der Waals surface area contributed by atoms with E-state index in [9.17, 15) is 0 Å². The highest BCUT2D eigenvalue weighted by Gasteiger charge is 2.26. The fourth-order valence-corrected chi connectivity index (χ4v) is 2.44. The lowest BCUT2D eigenvalue weighted by molar-refractivity contribution is 1.04. The maximum Gasteiger partial charge on any atom is 0.0927 e. The first kappa shape index (κ1) is 11.1. The van der Waals surface area contributed by atoms with Crippen molar-refractivity contribution in [2.45, 2.75) is 18.8 Å². The number of nitrogen functional groups attached to an aromatic ring is 1. The summed E-state index contributed by atoms with van der Waals surface area (Å²) >= 11 is 12.3. The van der Waals surface area contributed by atoms with E-state index >= 15 is 0 Å². The van der Waals surface area contributed by atoms with Crippen LogP contribution in [0.25, 0.3) is 10.9 Å². The molecule has 0 atom stereocenters. The van der Waals surface area contributed by atoms with Gasteiger partial charge in [0.2, 0.25) is 0 Å². The number of nitrogens with zero attached hydrogens (tertiary/aromatic N) is 1. The first-order valence-electron chi connectivity index (χ1n) is 5.46. The van der Waals surface area contributed by atoms with Gasteiger partial charge in [0.25, 0.3) is 0 Å². The smallest absolute Gasteiger partial charge is 0.0927 e. The summed E-state index contributed by atoms with van der Waals surface area (Å²) in [5.74, 6) is 6.09. The minimum atomic E-state index is 0.543. The Morgan fingerprint density at radius 3 is 2.59 bits per heavy atom. The zero-order chi connectivity index (χ0) is 12.0. The summed E-state index contributed by atoms with van der Waals surface area (Å²) in [6, 6.07) is 5.48. The molecule has 1 aromatic carbocycles. The van der Waals surface area contributed by atoms with Crippen molar-refractivity contribution in [2.75, 3.05) is 5.43 Å². The van der Waals surface area contributed by atoms with E-state index in [2.05, 4.69) is 10.4 Å². The lowest BCUT2D eigenvalue weighted by Gasteiger charge is -2.11. The van der Waals surface area contributed by atoms with Crippen LogP contribution in [0.1, 0.15) is 24.5 Å². The number of benzene rings is 1. The number of nitrogens with one attached hydrogen (secondary N) is 1. The highest BCUT2D eigenvalue weighted by molar-refractivity contribution is 6.40. The number of hydrogen-bond acceptors (Lipinski definition) is 3. The van der Waals surface area contributed by atoms with Gasteiger partial charge in [-0.1, -0.05) is 23.2 Å². The summed E-state index contributed by atoms with van der Waals surface area (Å²) in [6.45, 7) is 0. The molecule has 0 bridgehead atoms. The van der Waals surface area contributed by atoms with Crippen LogP contribution in [0.4, 0.5) is 5.69 Å². The Balaban J connectivity index is 2.35. The molecule has 1 aliphatic carbocycles. The molecule has 0 amide bonds. The van der Waals surface area contributed by atoms with Gasteiger partial charge in [0.05, 0.1) is 21.2 Å². The lowest BCUT2D eigenvalue weighted by Crippen LogP contribution is -2.08. The van der Waals surface area contributed by atoms with Gasteiger partial charge in [0, 0.05) is 17.0 Å². The van der Waals surface area contributed by atoms with Gasteiger partial charge in [-0.2, -0.15) is 0 Å². The van der Waals surface area contributed by atoms with E-state index in [1.54, 1.807) is 12.1 Å². The Morgan fingerprint density at radius 2 is 1.94 bits per heavy atom. The number of fused-ring (bicyclic) bond motifs is 1. The third-order valence-electron chi connectivity index (χ3n) is 3.03. The van der Waals surface area contributed by atoms with Crippen molar-refractivity contribution in [3.8, 4) is 0 Å². The molecule has 0 aliphatic heterocycles. The molecule has 3 nitrogen and oxygen atoms in total. The van der Waals surface area contributed by atoms with E-state index in [-0.39, 0.29) is 0 Å². The first-order valence-corrected chi connectivity index (χ1v) is 6.21. The molecule has 1 heterocycles. The quantitative estimate of drug-likeness (QED) is 0.645. The van der Waals surface area contributed by atoms with Gasteiger partial charge in [0.1, 0.15) is 0 Å². The van der Waals surface area contributed by atoms with Gasteiger partial charge in [-0.25, -0.2) is 0 Å². The predicted molar refractivity (Wildman–Crippen MR) is 71.5 cm³/mol.